The number of benzene rings is 1. The Morgan fingerprint density at radius 2 is 1.58 bits per heavy atom. The summed E-state index contributed by atoms with van der Waals surface area (Å²) in [6.07, 6.45) is -7.87. The van der Waals surface area contributed by atoms with Crippen molar-refractivity contribution in [3.8, 4) is 0 Å². The topological polar surface area (TPSA) is 64.1 Å². The summed E-state index contributed by atoms with van der Waals surface area (Å²) < 4.78 is 102. The van der Waals surface area contributed by atoms with E-state index in [9.17, 15) is 39.6 Å². The van der Waals surface area contributed by atoms with Crippen molar-refractivity contribution in [2.45, 2.75) is 48.2 Å². The summed E-state index contributed by atoms with van der Waals surface area (Å²) in [6, 6.07) is 4.96. The second kappa shape index (κ2) is 8.25. The summed E-state index contributed by atoms with van der Waals surface area (Å²) >= 11 is 0. The molecule has 1 aromatic carbocycles. The van der Waals surface area contributed by atoms with E-state index in [0.29, 0.717) is 12.1 Å². The Balaban J connectivity index is 1.58. The van der Waals surface area contributed by atoms with Gasteiger partial charge >= 0.3 is 12.4 Å². The van der Waals surface area contributed by atoms with E-state index in [0.717, 1.165) is 30.5 Å². The molecule has 1 aliphatic rings. The van der Waals surface area contributed by atoms with Gasteiger partial charge in [0.25, 0.3) is 0 Å². The van der Waals surface area contributed by atoms with Gasteiger partial charge in [0, 0.05) is 12.6 Å². The summed E-state index contributed by atoms with van der Waals surface area (Å²) in [5.41, 5.74) is -2.35. The molecule has 1 heterocycles. The zero-order valence-corrected chi connectivity index (χ0v) is 16.7. The van der Waals surface area contributed by atoms with Gasteiger partial charge in [0.15, 0.2) is 15.6 Å². The molecule has 11 heteroatoms. The van der Waals surface area contributed by atoms with Crippen molar-refractivity contribution in [3.05, 3.63) is 59.4 Å². The number of hydrogen-bond donors (Lipinski definition) is 0. The zero-order chi connectivity index (χ0) is 23.0. The summed E-state index contributed by atoms with van der Waals surface area (Å²) in [7, 11) is -3.95. The van der Waals surface area contributed by atoms with Gasteiger partial charge in [-0.05, 0) is 55.5 Å². The van der Waals surface area contributed by atoms with Crippen LogP contribution >= 0.6 is 0 Å². The molecule has 168 valence electrons. The van der Waals surface area contributed by atoms with Crippen LogP contribution in [-0.4, -0.2) is 24.4 Å². The van der Waals surface area contributed by atoms with Crippen molar-refractivity contribution in [2.75, 3.05) is 0 Å². The molecule has 1 aliphatic carbocycles. The van der Waals surface area contributed by atoms with E-state index < -0.39 is 49.2 Å². The molecule has 0 saturated heterocycles. The van der Waals surface area contributed by atoms with Crippen LogP contribution in [-0.2, 0) is 22.2 Å². The molecule has 0 aliphatic heterocycles. The van der Waals surface area contributed by atoms with Gasteiger partial charge in [-0.15, -0.1) is 0 Å². The number of nitrogens with zero attached hydrogens (tertiary/aromatic N) is 1. The first-order valence-corrected chi connectivity index (χ1v) is 10.8. The smallest absolute Gasteiger partial charge is 0.292 e. The number of carbonyl (C=O) groups excluding carboxylic acids is 1. The molecule has 31 heavy (non-hydrogen) atoms. The van der Waals surface area contributed by atoms with Gasteiger partial charge in [-0.2, -0.15) is 26.3 Å². The van der Waals surface area contributed by atoms with Gasteiger partial charge in [-0.1, -0.05) is 6.07 Å². The Labute approximate surface area is 174 Å². The predicted octanol–water partition coefficient (Wildman–Crippen LogP) is 5.33. The number of halogens is 6. The summed E-state index contributed by atoms with van der Waals surface area (Å²) in [5.74, 6) is -0.754. The fraction of sp³-hybridized carbons (Fsp3) is 0.400. The average molecular weight is 465 g/mol. The number of ketones is 1. The van der Waals surface area contributed by atoms with Crippen molar-refractivity contribution in [3.63, 3.8) is 0 Å². The zero-order valence-electron chi connectivity index (χ0n) is 15.9. The van der Waals surface area contributed by atoms with E-state index in [1.54, 1.807) is 0 Å². The lowest BCUT2D eigenvalue weighted by molar-refractivity contribution is -0.138. The molecular formula is C20H17F6NO3S. The Kier molecular flexibility index (Phi) is 6.18. The Morgan fingerprint density at radius 3 is 2.19 bits per heavy atom. The molecule has 0 spiro atoms. The highest BCUT2D eigenvalue weighted by molar-refractivity contribution is 7.92. The number of Topliss-reactive ketones (excluding diaryl/α,β-unsaturated/α-hetero) is 1. The van der Waals surface area contributed by atoms with Crippen molar-refractivity contribution in [1.29, 1.82) is 0 Å². The number of carbonyl (C=O) groups is 1. The largest absolute Gasteiger partial charge is 0.416 e. The molecule has 0 atom stereocenters. The Hall–Kier alpha value is -2.43. The maximum absolute atomic E-state index is 12.8. The molecule has 1 saturated carbocycles. The van der Waals surface area contributed by atoms with Crippen molar-refractivity contribution >= 4 is 15.6 Å². The normalized spacial score (nSPS) is 19.7. The molecule has 1 aromatic heterocycles. The van der Waals surface area contributed by atoms with Crippen molar-refractivity contribution in [1.82, 2.24) is 4.98 Å². The van der Waals surface area contributed by atoms with Gasteiger partial charge in [-0.25, -0.2) is 8.42 Å². The molecule has 3 rings (SSSR count). The first-order chi connectivity index (χ1) is 14.3. The lowest BCUT2D eigenvalue weighted by atomic mass is 9.81. The number of hydrogen-bond acceptors (Lipinski definition) is 4. The van der Waals surface area contributed by atoms with Crippen LogP contribution in [0.3, 0.4) is 0 Å². The first-order valence-electron chi connectivity index (χ1n) is 9.26. The summed E-state index contributed by atoms with van der Waals surface area (Å²) in [4.78, 5) is 15.4. The summed E-state index contributed by atoms with van der Waals surface area (Å²) in [5, 5.41) is -0.859. The molecule has 4 nitrogen and oxygen atoms in total. The number of rotatable bonds is 6. The van der Waals surface area contributed by atoms with Crippen LogP contribution in [0.2, 0.25) is 0 Å². The van der Waals surface area contributed by atoms with Crippen LogP contribution in [0.4, 0.5) is 26.3 Å². The van der Waals surface area contributed by atoms with Crippen LogP contribution in [0, 0.1) is 5.92 Å². The maximum atomic E-state index is 12.8. The van der Waals surface area contributed by atoms with Crippen molar-refractivity contribution < 1.29 is 39.6 Å². The third-order valence-electron chi connectivity index (χ3n) is 5.27. The third-order valence-corrected chi connectivity index (χ3v) is 7.45. The SMILES string of the molecule is O=C(CCC1CC(S(=O)(=O)c2cccc(C(F)(F)F)c2)C1)c1cc(C(F)(F)F)ccn1. The van der Waals surface area contributed by atoms with Crippen LogP contribution in [0.25, 0.3) is 0 Å². The molecule has 0 bridgehead atoms. The van der Waals surface area contributed by atoms with E-state index >= 15 is 0 Å². The minimum Gasteiger partial charge on any atom is -0.292 e. The van der Waals surface area contributed by atoms with Gasteiger partial charge in [0.2, 0.25) is 0 Å². The van der Waals surface area contributed by atoms with Crippen LogP contribution in [0.1, 0.15) is 47.3 Å². The number of pyridine rings is 1. The number of alkyl halides is 6. The van der Waals surface area contributed by atoms with E-state index in [4.69, 9.17) is 0 Å². The highest BCUT2D eigenvalue weighted by Crippen LogP contribution is 2.40. The molecular weight excluding hydrogens is 448 g/mol. The van der Waals surface area contributed by atoms with Gasteiger partial charge in [0.1, 0.15) is 5.69 Å². The van der Waals surface area contributed by atoms with Crippen LogP contribution in [0.5, 0.6) is 0 Å². The standard InChI is InChI=1S/C20H17F6NO3S/c21-19(22,23)13-2-1-3-15(10-13)31(29,30)16-8-12(9-16)4-5-18(28)17-11-14(6-7-27-17)20(24,25)26/h1-3,6-7,10-12,16H,4-5,8-9H2. The molecule has 0 unspecified atom stereocenters. The predicted molar refractivity (Wildman–Crippen MR) is 97.9 cm³/mol. The molecule has 0 amide bonds. The lowest BCUT2D eigenvalue weighted by Crippen LogP contribution is -2.36. The Bertz CT molecular complexity index is 1070. The van der Waals surface area contributed by atoms with Gasteiger partial charge in [0.05, 0.1) is 21.3 Å². The number of sulfone groups is 1. The summed E-state index contributed by atoms with van der Waals surface area (Å²) in [6.45, 7) is 0. The molecule has 0 N–H and O–H groups in total. The van der Waals surface area contributed by atoms with Crippen LogP contribution in [0.15, 0.2) is 47.5 Å². The number of aromatic nitrogens is 1. The van der Waals surface area contributed by atoms with Gasteiger partial charge in [-0.3, -0.25) is 9.78 Å². The maximum Gasteiger partial charge on any atom is 0.416 e. The van der Waals surface area contributed by atoms with Gasteiger partial charge < -0.3 is 0 Å². The quantitative estimate of drug-likeness (QED) is 0.427. The van der Waals surface area contributed by atoms with E-state index in [-0.39, 0.29) is 37.3 Å². The monoisotopic (exact) mass is 465 g/mol. The fourth-order valence-corrected chi connectivity index (χ4v) is 5.42. The highest BCUT2D eigenvalue weighted by Gasteiger charge is 2.40. The minimum absolute atomic E-state index is 0.102. The minimum atomic E-state index is -4.66. The third kappa shape index (κ3) is 5.25. The fourth-order valence-electron chi connectivity index (χ4n) is 3.43. The molecule has 1 fully saturated rings. The lowest BCUT2D eigenvalue weighted by Gasteiger charge is -2.34. The van der Waals surface area contributed by atoms with Crippen molar-refractivity contribution in [2.24, 2.45) is 5.92 Å². The second-order valence-corrected chi connectivity index (χ2v) is 9.65. The first kappa shape index (κ1) is 23.2. The van der Waals surface area contributed by atoms with Crippen LogP contribution < -0.4 is 0 Å². The van der Waals surface area contributed by atoms with E-state index in [2.05, 4.69) is 4.98 Å². The molecule has 2 aromatic rings. The van der Waals surface area contributed by atoms with E-state index in [1.165, 1.54) is 0 Å². The second-order valence-electron chi connectivity index (χ2n) is 7.42. The highest BCUT2D eigenvalue weighted by atomic mass is 32.2. The van der Waals surface area contributed by atoms with E-state index in [1.807, 2.05) is 0 Å². The average Bonchev–Trinajstić information content (AvgIpc) is 2.65. The molecule has 0 radical (unpaired) electrons. The Morgan fingerprint density at radius 1 is 0.968 bits per heavy atom.